The molecule has 0 aliphatic carbocycles. The van der Waals surface area contributed by atoms with Crippen molar-refractivity contribution in [1.29, 1.82) is 0 Å². The van der Waals surface area contributed by atoms with Crippen LogP contribution in [0.3, 0.4) is 0 Å². The van der Waals surface area contributed by atoms with E-state index in [4.69, 9.17) is 0 Å². The van der Waals surface area contributed by atoms with E-state index in [2.05, 4.69) is 16.4 Å². The van der Waals surface area contributed by atoms with Crippen molar-refractivity contribution in [2.24, 2.45) is 0 Å². The average Bonchev–Trinajstić information content (AvgIpc) is 2.55. The number of fused-ring (bicyclic) bond motifs is 1. The standard InChI is InChI=1S/C18H19N3O2/c1-13(22)21-11-9-14-6-2-3-7-15(14)16(21)12-18(23)20-17-8-4-5-10-19-17/h2-8,10,16H,9,11-12H2,1H3,(H,19,20,23). The number of pyridine rings is 1. The highest BCUT2D eigenvalue weighted by atomic mass is 16.2. The molecule has 0 saturated carbocycles. The van der Waals surface area contributed by atoms with Gasteiger partial charge in [-0.25, -0.2) is 4.98 Å². The summed E-state index contributed by atoms with van der Waals surface area (Å²) in [6, 6.07) is 13.2. The lowest BCUT2D eigenvalue weighted by Gasteiger charge is -2.36. The van der Waals surface area contributed by atoms with E-state index in [1.165, 1.54) is 5.56 Å². The van der Waals surface area contributed by atoms with Gasteiger partial charge in [0.15, 0.2) is 0 Å². The molecule has 3 rings (SSSR count). The minimum atomic E-state index is -0.221. The van der Waals surface area contributed by atoms with Crippen LogP contribution in [0.4, 0.5) is 5.82 Å². The van der Waals surface area contributed by atoms with Crippen LogP contribution < -0.4 is 5.32 Å². The number of nitrogens with one attached hydrogen (secondary N) is 1. The van der Waals surface area contributed by atoms with Crippen LogP contribution in [0.1, 0.15) is 30.5 Å². The molecule has 0 spiro atoms. The molecule has 0 fully saturated rings. The lowest BCUT2D eigenvalue weighted by molar-refractivity contribution is -0.132. The maximum absolute atomic E-state index is 12.4. The molecule has 1 aromatic heterocycles. The minimum absolute atomic E-state index is 0.00450. The van der Waals surface area contributed by atoms with Gasteiger partial charge in [0.2, 0.25) is 11.8 Å². The molecule has 1 unspecified atom stereocenters. The van der Waals surface area contributed by atoms with Crippen LogP contribution in [0.2, 0.25) is 0 Å². The largest absolute Gasteiger partial charge is 0.335 e. The molecule has 0 radical (unpaired) electrons. The summed E-state index contributed by atoms with van der Waals surface area (Å²) in [5.74, 6) is 0.378. The van der Waals surface area contributed by atoms with Crippen LogP contribution in [0.15, 0.2) is 48.7 Å². The summed E-state index contributed by atoms with van der Waals surface area (Å²) in [5, 5.41) is 2.79. The first-order valence-electron chi connectivity index (χ1n) is 7.71. The molecule has 1 atom stereocenters. The van der Waals surface area contributed by atoms with Gasteiger partial charge in [0, 0.05) is 19.7 Å². The summed E-state index contributed by atoms with van der Waals surface area (Å²) >= 11 is 0. The number of nitrogens with zero attached hydrogens (tertiary/aromatic N) is 2. The van der Waals surface area contributed by atoms with Crippen LogP contribution in [0, 0.1) is 0 Å². The monoisotopic (exact) mass is 309 g/mol. The molecule has 0 bridgehead atoms. The molecule has 1 N–H and O–H groups in total. The van der Waals surface area contributed by atoms with Gasteiger partial charge in [0.1, 0.15) is 5.82 Å². The van der Waals surface area contributed by atoms with Crippen molar-refractivity contribution in [1.82, 2.24) is 9.88 Å². The fourth-order valence-electron chi connectivity index (χ4n) is 3.05. The van der Waals surface area contributed by atoms with Crippen LogP contribution in [0.25, 0.3) is 0 Å². The van der Waals surface area contributed by atoms with Crippen molar-refractivity contribution in [3.8, 4) is 0 Å². The Balaban J connectivity index is 1.80. The number of anilines is 1. The first-order valence-corrected chi connectivity index (χ1v) is 7.71. The lowest BCUT2D eigenvalue weighted by atomic mass is 9.90. The Morgan fingerprint density at radius 3 is 2.74 bits per heavy atom. The molecular formula is C18H19N3O2. The molecule has 1 aliphatic rings. The quantitative estimate of drug-likeness (QED) is 0.948. The lowest BCUT2D eigenvalue weighted by Crippen LogP contribution is -2.40. The first kappa shape index (κ1) is 15.2. The topological polar surface area (TPSA) is 62.3 Å². The summed E-state index contributed by atoms with van der Waals surface area (Å²) in [6.07, 6.45) is 2.69. The van der Waals surface area contributed by atoms with Gasteiger partial charge in [-0.05, 0) is 29.7 Å². The van der Waals surface area contributed by atoms with Gasteiger partial charge in [-0.15, -0.1) is 0 Å². The second-order valence-corrected chi connectivity index (χ2v) is 5.64. The molecule has 0 saturated heterocycles. The molecule has 2 amide bonds. The van der Waals surface area contributed by atoms with Crippen LogP contribution in [-0.4, -0.2) is 28.2 Å². The van der Waals surface area contributed by atoms with E-state index in [0.717, 1.165) is 12.0 Å². The van der Waals surface area contributed by atoms with E-state index in [1.54, 1.807) is 30.2 Å². The van der Waals surface area contributed by atoms with Crippen LogP contribution >= 0.6 is 0 Å². The second kappa shape index (κ2) is 6.60. The molecule has 5 nitrogen and oxygen atoms in total. The van der Waals surface area contributed by atoms with E-state index < -0.39 is 0 Å². The summed E-state index contributed by atoms with van der Waals surface area (Å²) in [6.45, 7) is 2.20. The maximum Gasteiger partial charge on any atom is 0.227 e. The third-order valence-electron chi connectivity index (χ3n) is 4.13. The number of hydrogen-bond donors (Lipinski definition) is 1. The Kier molecular flexibility index (Phi) is 4.37. The van der Waals surface area contributed by atoms with Gasteiger partial charge in [0.05, 0.1) is 12.5 Å². The summed E-state index contributed by atoms with van der Waals surface area (Å²) in [4.78, 5) is 30.2. The van der Waals surface area contributed by atoms with E-state index >= 15 is 0 Å². The Bertz CT molecular complexity index is 715. The van der Waals surface area contributed by atoms with Gasteiger partial charge in [-0.3, -0.25) is 9.59 Å². The van der Waals surface area contributed by atoms with Crippen molar-refractivity contribution in [2.75, 3.05) is 11.9 Å². The van der Waals surface area contributed by atoms with E-state index in [9.17, 15) is 9.59 Å². The summed E-state index contributed by atoms with van der Waals surface area (Å²) < 4.78 is 0. The van der Waals surface area contributed by atoms with E-state index in [0.29, 0.717) is 12.4 Å². The normalized spacial score (nSPS) is 16.6. The number of aromatic nitrogens is 1. The molecular weight excluding hydrogens is 290 g/mol. The molecule has 23 heavy (non-hydrogen) atoms. The minimum Gasteiger partial charge on any atom is -0.335 e. The Morgan fingerprint density at radius 1 is 1.22 bits per heavy atom. The average molecular weight is 309 g/mol. The Labute approximate surface area is 135 Å². The fraction of sp³-hybridized carbons (Fsp3) is 0.278. The van der Waals surface area contributed by atoms with Crippen molar-refractivity contribution in [3.63, 3.8) is 0 Å². The highest BCUT2D eigenvalue weighted by molar-refractivity contribution is 5.90. The van der Waals surface area contributed by atoms with Crippen molar-refractivity contribution in [2.45, 2.75) is 25.8 Å². The SMILES string of the molecule is CC(=O)N1CCc2ccccc2C1CC(=O)Nc1ccccn1. The predicted molar refractivity (Wildman–Crippen MR) is 87.8 cm³/mol. The van der Waals surface area contributed by atoms with E-state index in [1.807, 2.05) is 24.3 Å². The number of carbonyl (C=O) groups excluding carboxylic acids is 2. The van der Waals surface area contributed by atoms with Gasteiger partial charge in [-0.1, -0.05) is 30.3 Å². The second-order valence-electron chi connectivity index (χ2n) is 5.64. The van der Waals surface area contributed by atoms with Gasteiger partial charge >= 0.3 is 0 Å². The van der Waals surface area contributed by atoms with Gasteiger partial charge < -0.3 is 10.2 Å². The number of hydrogen-bond acceptors (Lipinski definition) is 3. The molecule has 5 heteroatoms. The van der Waals surface area contributed by atoms with Crippen LogP contribution in [-0.2, 0) is 16.0 Å². The van der Waals surface area contributed by atoms with Crippen LogP contribution in [0.5, 0.6) is 0 Å². The van der Waals surface area contributed by atoms with Crippen molar-refractivity contribution >= 4 is 17.6 Å². The summed E-state index contributed by atoms with van der Waals surface area (Å²) in [5.41, 5.74) is 2.27. The van der Waals surface area contributed by atoms with Gasteiger partial charge in [0.25, 0.3) is 0 Å². The molecule has 2 aromatic rings. The number of carbonyl (C=O) groups is 2. The fourth-order valence-corrected chi connectivity index (χ4v) is 3.05. The number of benzene rings is 1. The Morgan fingerprint density at radius 2 is 2.00 bits per heavy atom. The van der Waals surface area contributed by atoms with E-state index in [-0.39, 0.29) is 24.3 Å². The summed E-state index contributed by atoms with van der Waals surface area (Å²) in [7, 11) is 0. The zero-order valence-corrected chi connectivity index (χ0v) is 13.0. The predicted octanol–water partition coefficient (Wildman–Crippen LogP) is 2.56. The molecule has 118 valence electrons. The maximum atomic E-state index is 12.4. The van der Waals surface area contributed by atoms with Gasteiger partial charge in [-0.2, -0.15) is 0 Å². The highest BCUT2D eigenvalue weighted by Crippen LogP contribution is 2.32. The van der Waals surface area contributed by atoms with Crippen molar-refractivity contribution < 1.29 is 9.59 Å². The first-order chi connectivity index (χ1) is 11.1. The smallest absolute Gasteiger partial charge is 0.227 e. The van der Waals surface area contributed by atoms with Crippen molar-refractivity contribution in [3.05, 3.63) is 59.8 Å². The zero-order chi connectivity index (χ0) is 16.2. The Hall–Kier alpha value is -2.69. The number of rotatable bonds is 3. The third-order valence-corrected chi connectivity index (χ3v) is 4.13. The zero-order valence-electron chi connectivity index (χ0n) is 13.0. The molecule has 2 heterocycles. The third kappa shape index (κ3) is 3.39. The number of amides is 2. The molecule has 1 aliphatic heterocycles. The molecule has 1 aromatic carbocycles. The highest BCUT2D eigenvalue weighted by Gasteiger charge is 2.30.